The van der Waals surface area contributed by atoms with Crippen molar-refractivity contribution in [1.29, 1.82) is 0 Å². The Morgan fingerprint density at radius 1 is 0.912 bits per heavy atom. The van der Waals surface area contributed by atoms with Crippen LogP contribution < -0.4 is 10.2 Å². The van der Waals surface area contributed by atoms with Crippen molar-refractivity contribution >= 4 is 33.4 Å². The van der Waals surface area contributed by atoms with E-state index in [0.29, 0.717) is 26.2 Å². The van der Waals surface area contributed by atoms with Gasteiger partial charge in [-0.2, -0.15) is 4.31 Å². The highest BCUT2D eigenvalue weighted by Crippen LogP contribution is 2.22. The average Bonchev–Trinajstić information content (AvgIpc) is 3.07. The fraction of sp³-hybridized carbons (Fsp3) is 0.348. The molecule has 3 amide bonds. The molecule has 0 atom stereocenters. The van der Waals surface area contributed by atoms with Gasteiger partial charge in [-0.3, -0.25) is 19.3 Å². The fourth-order valence-electron chi connectivity index (χ4n) is 4.07. The second-order valence-electron chi connectivity index (χ2n) is 8.12. The van der Waals surface area contributed by atoms with Crippen LogP contribution in [0.2, 0.25) is 0 Å². The van der Waals surface area contributed by atoms with E-state index in [1.165, 1.54) is 28.6 Å². The van der Waals surface area contributed by atoms with Gasteiger partial charge in [-0.05, 0) is 42.8 Å². The number of rotatable bonds is 8. The van der Waals surface area contributed by atoms with Crippen LogP contribution in [-0.2, 0) is 14.8 Å². The summed E-state index contributed by atoms with van der Waals surface area (Å²) in [7, 11) is -3.49. The molecule has 0 aliphatic carbocycles. The quantitative estimate of drug-likeness (QED) is 0.440. The third kappa shape index (κ3) is 5.10. The van der Waals surface area contributed by atoms with Crippen LogP contribution in [0, 0.1) is 5.82 Å². The highest BCUT2D eigenvalue weighted by Gasteiger charge is 2.36. The number of amides is 3. The van der Waals surface area contributed by atoms with Crippen molar-refractivity contribution in [2.45, 2.75) is 6.42 Å². The number of nitrogens with zero attached hydrogens (tertiary/aromatic N) is 3. The molecular weight excluding hydrogens is 463 g/mol. The van der Waals surface area contributed by atoms with Gasteiger partial charge in [0.25, 0.3) is 11.8 Å². The largest absolute Gasteiger partial charge is 0.369 e. The number of benzene rings is 2. The van der Waals surface area contributed by atoms with Gasteiger partial charge in [0.2, 0.25) is 15.9 Å². The first-order chi connectivity index (χ1) is 16.3. The molecular formula is C23H25FN4O5S. The van der Waals surface area contributed by atoms with Crippen LogP contribution in [0.25, 0.3) is 0 Å². The molecule has 2 aliphatic rings. The zero-order chi connectivity index (χ0) is 24.3. The van der Waals surface area contributed by atoms with Crippen molar-refractivity contribution in [3.63, 3.8) is 0 Å². The molecule has 1 N–H and O–H groups in total. The van der Waals surface area contributed by atoms with Gasteiger partial charge < -0.3 is 10.2 Å². The van der Waals surface area contributed by atoms with Gasteiger partial charge in [-0.15, -0.1) is 0 Å². The van der Waals surface area contributed by atoms with Crippen LogP contribution in [-0.4, -0.2) is 80.4 Å². The SMILES string of the molecule is O=C(CN1C(=O)c2ccccc2C1=O)NCCCS(=O)(=O)N1CCN(c2ccc(F)cc2)CC1. The van der Waals surface area contributed by atoms with Crippen LogP contribution in [0.1, 0.15) is 27.1 Å². The number of halogens is 1. The van der Waals surface area contributed by atoms with Crippen LogP contribution in [0.3, 0.4) is 0 Å². The van der Waals surface area contributed by atoms with Crippen molar-refractivity contribution in [2.75, 3.05) is 49.9 Å². The van der Waals surface area contributed by atoms with Crippen molar-refractivity contribution < 1.29 is 27.2 Å². The summed E-state index contributed by atoms with van der Waals surface area (Å²) in [5.41, 5.74) is 1.39. The van der Waals surface area contributed by atoms with Crippen molar-refractivity contribution in [3.05, 3.63) is 65.5 Å². The summed E-state index contributed by atoms with van der Waals surface area (Å²) in [5, 5.41) is 2.58. The number of nitrogens with one attached hydrogen (secondary N) is 1. The molecule has 1 saturated heterocycles. The molecule has 1 fully saturated rings. The molecule has 0 unspecified atom stereocenters. The molecule has 0 radical (unpaired) electrons. The van der Waals surface area contributed by atoms with E-state index in [4.69, 9.17) is 0 Å². The van der Waals surface area contributed by atoms with Crippen molar-refractivity contribution in [3.8, 4) is 0 Å². The molecule has 2 aliphatic heterocycles. The number of fused-ring (bicyclic) bond motifs is 1. The fourth-order valence-corrected chi connectivity index (χ4v) is 5.56. The molecule has 2 aromatic carbocycles. The van der Waals surface area contributed by atoms with E-state index in [1.807, 2.05) is 4.90 Å². The first-order valence-corrected chi connectivity index (χ1v) is 12.6. The zero-order valence-electron chi connectivity index (χ0n) is 18.4. The first kappa shape index (κ1) is 23.8. The molecule has 0 spiro atoms. The van der Waals surface area contributed by atoms with E-state index in [-0.39, 0.29) is 35.7 Å². The maximum atomic E-state index is 13.1. The maximum absolute atomic E-state index is 13.1. The monoisotopic (exact) mass is 488 g/mol. The highest BCUT2D eigenvalue weighted by molar-refractivity contribution is 7.89. The lowest BCUT2D eigenvalue weighted by Gasteiger charge is -2.35. The summed E-state index contributed by atoms with van der Waals surface area (Å²) in [6.07, 6.45) is 0.203. The van der Waals surface area contributed by atoms with E-state index < -0.39 is 34.3 Å². The number of carbonyl (C=O) groups excluding carboxylic acids is 3. The molecule has 180 valence electrons. The smallest absolute Gasteiger partial charge is 0.262 e. The number of hydrogen-bond donors (Lipinski definition) is 1. The third-order valence-corrected chi connectivity index (χ3v) is 7.86. The van der Waals surface area contributed by atoms with Gasteiger partial charge in [0.05, 0.1) is 16.9 Å². The molecule has 2 aromatic rings. The summed E-state index contributed by atoms with van der Waals surface area (Å²) in [6, 6.07) is 12.5. The van der Waals surface area contributed by atoms with Gasteiger partial charge in [-0.1, -0.05) is 12.1 Å². The number of imide groups is 1. The van der Waals surface area contributed by atoms with Gasteiger partial charge in [0.1, 0.15) is 12.4 Å². The molecule has 4 rings (SSSR count). The van der Waals surface area contributed by atoms with E-state index in [0.717, 1.165) is 10.6 Å². The number of carbonyl (C=O) groups is 3. The summed E-state index contributed by atoms with van der Waals surface area (Å²) in [5.74, 6) is -2.01. The Hall–Kier alpha value is -3.31. The molecule has 0 aromatic heterocycles. The topological polar surface area (TPSA) is 107 Å². The number of piperazine rings is 1. The predicted octanol–water partition coefficient (Wildman–Crippen LogP) is 1.08. The van der Waals surface area contributed by atoms with Crippen LogP contribution >= 0.6 is 0 Å². The third-order valence-electron chi connectivity index (χ3n) is 5.90. The lowest BCUT2D eigenvalue weighted by Crippen LogP contribution is -2.49. The minimum absolute atomic E-state index is 0.108. The predicted molar refractivity (Wildman–Crippen MR) is 123 cm³/mol. The van der Waals surface area contributed by atoms with Gasteiger partial charge in [0.15, 0.2) is 0 Å². The minimum Gasteiger partial charge on any atom is -0.369 e. The Bertz CT molecular complexity index is 1160. The molecule has 11 heteroatoms. The van der Waals surface area contributed by atoms with Gasteiger partial charge in [0, 0.05) is 38.4 Å². The Morgan fingerprint density at radius 3 is 2.09 bits per heavy atom. The first-order valence-electron chi connectivity index (χ1n) is 11.0. The molecule has 9 nitrogen and oxygen atoms in total. The Labute approximate surface area is 197 Å². The Morgan fingerprint density at radius 2 is 1.50 bits per heavy atom. The van der Waals surface area contributed by atoms with E-state index in [9.17, 15) is 27.2 Å². The number of anilines is 1. The van der Waals surface area contributed by atoms with Gasteiger partial charge >= 0.3 is 0 Å². The van der Waals surface area contributed by atoms with Crippen LogP contribution in [0.15, 0.2) is 48.5 Å². The second-order valence-corrected chi connectivity index (χ2v) is 10.2. The van der Waals surface area contributed by atoms with E-state index in [1.54, 1.807) is 24.3 Å². The van der Waals surface area contributed by atoms with Gasteiger partial charge in [-0.25, -0.2) is 12.8 Å². The average molecular weight is 489 g/mol. The summed E-state index contributed by atoms with van der Waals surface area (Å²) in [6.45, 7) is 1.35. The second kappa shape index (κ2) is 9.90. The summed E-state index contributed by atoms with van der Waals surface area (Å²) >= 11 is 0. The normalized spacial score (nSPS) is 16.6. The van der Waals surface area contributed by atoms with Crippen LogP contribution in [0.4, 0.5) is 10.1 Å². The standard InChI is InChI=1S/C23H25FN4O5S/c24-17-6-8-18(9-7-17)26-11-13-27(14-12-26)34(32,33)15-3-10-25-21(29)16-28-22(30)19-4-1-2-5-20(19)23(28)31/h1-2,4-9H,3,10-16H2,(H,25,29). The molecule has 34 heavy (non-hydrogen) atoms. The highest BCUT2D eigenvalue weighted by atomic mass is 32.2. The Kier molecular flexibility index (Phi) is 6.94. The number of hydrogen-bond acceptors (Lipinski definition) is 6. The lowest BCUT2D eigenvalue weighted by molar-refractivity contribution is -0.121. The summed E-state index contributed by atoms with van der Waals surface area (Å²) in [4.78, 5) is 39.8. The molecule has 0 bridgehead atoms. The molecule has 2 heterocycles. The minimum atomic E-state index is -3.49. The van der Waals surface area contributed by atoms with E-state index >= 15 is 0 Å². The summed E-state index contributed by atoms with van der Waals surface area (Å²) < 4.78 is 39.8. The lowest BCUT2D eigenvalue weighted by atomic mass is 10.1. The maximum Gasteiger partial charge on any atom is 0.262 e. The number of sulfonamides is 1. The van der Waals surface area contributed by atoms with Crippen molar-refractivity contribution in [2.24, 2.45) is 0 Å². The van der Waals surface area contributed by atoms with Crippen molar-refractivity contribution in [1.82, 2.24) is 14.5 Å². The zero-order valence-corrected chi connectivity index (χ0v) is 19.3. The van der Waals surface area contributed by atoms with E-state index in [2.05, 4.69) is 5.32 Å². The van der Waals surface area contributed by atoms with Crippen LogP contribution in [0.5, 0.6) is 0 Å². The molecule has 0 saturated carbocycles. The Balaban J connectivity index is 1.19.